The SMILES string of the molecule is O=C(O)CC(=O)OCC1OC(OC2CC3C(O)CC(OC4OC(COC(=O)C=CC5CCC(O)CC5)C(O)C(O)C4O)CC3OC2C2CCC(O)C(OC3OC(COC(=O)C=CC4CCC(OC5OC(COC(=O)C=CC6CCC(O)CC6)C(O)C(O)C5O)CC4)C(O)C(O)C3O)C2)C(O)C(O)C1O. The molecule has 10 fully saturated rings. The first-order chi connectivity index (χ1) is 49.6. The summed E-state index contributed by atoms with van der Waals surface area (Å²) in [4.78, 5) is 61.8. The van der Waals surface area contributed by atoms with E-state index in [1.54, 1.807) is 18.2 Å². The summed E-state index contributed by atoms with van der Waals surface area (Å²) in [6, 6.07) is 0. The highest BCUT2D eigenvalue weighted by Gasteiger charge is 2.56. The lowest BCUT2D eigenvalue weighted by Crippen LogP contribution is -2.63. The van der Waals surface area contributed by atoms with Crippen molar-refractivity contribution in [3.63, 3.8) is 0 Å². The van der Waals surface area contributed by atoms with E-state index in [9.17, 15) is 106 Å². The van der Waals surface area contributed by atoms with Crippen molar-refractivity contribution in [1.29, 1.82) is 0 Å². The number of allylic oxidation sites excluding steroid dienone is 3. The zero-order valence-corrected chi connectivity index (χ0v) is 57.4. The van der Waals surface area contributed by atoms with Crippen LogP contribution in [0.1, 0.15) is 122 Å². The Morgan fingerprint density at radius 2 is 0.721 bits per heavy atom. The molecule has 35 nitrogen and oxygen atoms in total. The Hall–Kier alpha value is -4.43. The van der Waals surface area contributed by atoms with Gasteiger partial charge in [-0.25, -0.2) is 14.4 Å². The molecule has 5 saturated carbocycles. The molecule has 104 heavy (non-hydrogen) atoms. The number of hydrogen-bond donors (Lipinski definition) is 17. The van der Waals surface area contributed by atoms with E-state index in [1.165, 1.54) is 18.2 Å². The van der Waals surface area contributed by atoms with Crippen LogP contribution < -0.4 is 0 Å². The Balaban J connectivity index is 0.743. The van der Waals surface area contributed by atoms with E-state index in [-0.39, 0.29) is 62.4 Å². The standard InChI is InChI=1S/C69H104O35/c70-34-11-1-30(2-12-34)7-18-49(76)92-26-44-53(80)57(84)61(88)66(101-44)96-36-15-5-32(6-16-36)9-20-51(78)94-28-46-55(82)59(86)63(90)68(103-46)99-42-21-33(10-17-39(42)72)65-43(100-69-64(91)60(87)56(83)47(104-69)29-95-52(79)25-48(74)75)24-38-40(73)22-37(23-41(38)98-65)97-67-62(89)58(85)54(81)45(102-67)27-93-50(77)19-8-31-3-13-35(71)14-4-31/h7-9,18-20,30-47,53-73,80-91H,1-6,10-17,21-29H2,(H,74,75). The molecule has 5 aliphatic carbocycles. The lowest BCUT2D eigenvalue weighted by Gasteiger charge is -2.52. The predicted molar refractivity (Wildman–Crippen MR) is 343 cm³/mol. The number of rotatable bonds is 25. The van der Waals surface area contributed by atoms with Gasteiger partial charge in [-0.2, -0.15) is 0 Å². The molecule has 590 valence electrons. The van der Waals surface area contributed by atoms with E-state index >= 15 is 0 Å². The van der Waals surface area contributed by atoms with Crippen LogP contribution in [-0.2, 0) is 85.6 Å². The second-order valence-electron chi connectivity index (χ2n) is 29.4. The average molecular weight is 1490 g/mol. The number of carboxylic acids is 1. The number of aliphatic hydroxyl groups excluding tert-OH is 16. The summed E-state index contributed by atoms with van der Waals surface area (Å²) in [6.45, 7) is -2.44. The molecule has 0 amide bonds. The van der Waals surface area contributed by atoms with Crippen LogP contribution in [0.5, 0.6) is 0 Å². The highest BCUT2D eigenvalue weighted by Crippen LogP contribution is 2.46. The molecular formula is C69H104O35. The summed E-state index contributed by atoms with van der Waals surface area (Å²) < 4.78 is 76.3. The molecule has 0 aromatic heterocycles. The summed E-state index contributed by atoms with van der Waals surface area (Å²) in [5.74, 6) is -6.57. The minimum atomic E-state index is -1.98. The smallest absolute Gasteiger partial charge is 0.330 e. The fourth-order valence-corrected chi connectivity index (χ4v) is 15.7. The van der Waals surface area contributed by atoms with Crippen LogP contribution in [0.2, 0.25) is 0 Å². The number of esters is 4. The first-order valence-corrected chi connectivity index (χ1v) is 36.3. The van der Waals surface area contributed by atoms with Gasteiger partial charge in [-0.05, 0) is 126 Å². The van der Waals surface area contributed by atoms with Crippen molar-refractivity contribution in [3.05, 3.63) is 36.5 Å². The van der Waals surface area contributed by atoms with Gasteiger partial charge in [0.15, 0.2) is 25.2 Å². The number of hydrogen-bond acceptors (Lipinski definition) is 34. The monoisotopic (exact) mass is 1490 g/mol. The van der Waals surface area contributed by atoms with Crippen molar-refractivity contribution in [2.45, 2.75) is 306 Å². The third kappa shape index (κ3) is 21.5. The number of carbonyl (C=O) groups is 5. The van der Waals surface area contributed by atoms with Crippen molar-refractivity contribution >= 4 is 29.8 Å². The van der Waals surface area contributed by atoms with Gasteiger partial charge in [0.25, 0.3) is 0 Å². The minimum absolute atomic E-state index is 0.0116. The van der Waals surface area contributed by atoms with E-state index in [0.717, 1.165) is 12.8 Å². The van der Waals surface area contributed by atoms with Gasteiger partial charge >= 0.3 is 29.8 Å². The zero-order valence-electron chi connectivity index (χ0n) is 57.4. The Morgan fingerprint density at radius 1 is 0.346 bits per heavy atom. The van der Waals surface area contributed by atoms with Crippen LogP contribution >= 0.6 is 0 Å². The van der Waals surface area contributed by atoms with E-state index < -0.39 is 252 Å². The normalized spacial score (nSPS) is 45.4. The van der Waals surface area contributed by atoms with Crippen LogP contribution in [-0.4, -0.2) is 327 Å². The maximum Gasteiger partial charge on any atom is 0.330 e. The maximum atomic E-state index is 13.2. The minimum Gasteiger partial charge on any atom is -0.481 e. The zero-order chi connectivity index (χ0) is 74.8. The molecule has 0 radical (unpaired) electrons. The van der Waals surface area contributed by atoms with Crippen molar-refractivity contribution < 1.29 is 172 Å². The Bertz CT molecular complexity index is 2840. The highest BCUT2D eigenvalue weighted by molar-refractivity contribution is 5.90. The predicted octanol–water partition coefficient (Wildman–Crippen LogP) is -4.54. The number of aliphatic carboxylic acids is 1. The van der Waals surface area contributed by atoms with Gasteiger partial charge in [0.05, 0.1) is 61.0 Å². The molecule has 5 aliphatic heterocycles. The summed E-state index contributed by atoms with van der Waals surface area (Å²) in [7, 11) is 0. The van der Waals surface area contributed by atoms with Crippen molar-refractivity contribution in [2.24, 2.45) is 29.6 Å². The second kappa shape index (κ2) is 37.8. The first-order valence-electron chi connectivity index (χ1n) is 36.3. The average Bonchev–Trinajstić information content (AvgIpc) is 0.764. The van der Waals surface area contributed by atoms with Crippen LogP contribution in [0.15, 0.2) is 36.5 Å². The topological polar surface area (TPSA) is 549 Å². The second-order valence-corrected chi connectivity index (χ2v) is 29.4. The maximum absolute atomic E-state index is 13.2. The van der Waals surface area contributed by atoms with Gasteiger partial charge in [0.2, 0.25) is 0 Å². The lowest BCUT2D eigenvalue weighted by atomic mass is 9.72. The highest BCUT2D eigenvalue weighted by atomic mass is 16.7. The summed E-state index contributed by atoms with van der Waals surface area (Å²) in [5, 5.41) is 184. The van der Waals surface area contributed by atoms with Crippen LogP contribution in [0.4, 0.5) is 0 Å². The number of carbonyl (C=O) groups excluding carboxylic acids is 4. The fraction of sp³-hybridized carbons (Fsp3) is 0.841. The molecule has 29 atom stereocenters. The van der Waals surface area contributed by atoms with Gasteiger partial charge in [0.1, 0.15) is 131 Å². The summed E-state index contributed by atoms with van der Waals surface area (Å²) in [5.41, 5.74) is 0. The molecule has 29 unspecified atom stereocenters. The number of fused-ring (bicyclic) bond motifs is 1. The number of aliphatic hydroxyl groups is 16. The molecular weight excluding hydrogens is 1390 g/mol. The Labute approximate surface area is 598 Å². The summed E-state index contributed by atoms with van der Waals surface area (Å²) >= 11 is 0. The Kier molecular flexibility index (Phi) is 29.8. The van der Waals surface area contributed by atoms with E-state index in [4.69, 9.17) is 66.7 Å². The molecule has 35 heteroatoms. The molecule has 0 aromatic rings. The quantitative estimate of drug-likeness (QED) is 0.0177. The molecule has 10 rings (SSSR count). The molecule has 0 bridgehead atoms. The van der Waals surface area contributed by atoms with Gasteiger partial charge in [0, 0.05) is 37.0 Å². The molecule has 0 spiro atoms. The third-order valence-electron chi connectivity index (χ3n) is 22.0. The lowest BCUT2D eigenvalue weighted by molar-refractivity contribution is -0.341. The molecule has 17 N–H and O–H groups in total. The number of ether oxygens (including phenoxy) is 13. The third-order valence-corrected chi connectivity index (χ3v) is 22.0. The van der Waals surface area contributed by atoms with Crippen LogP contribution in [0.25, 0.3) is 0 Å². The van der Waals surface area contributed by atoms with E-state index in [1.807, 2.05) is 0 Å². The van der Waals surface area contributed by atoms with Gasteiger partial charge in [-0.1, -0.05) is 18.2 Å². The molecule has 5 saturated heterocycles. The van der Waals surface area contributed by atoms with Gasteiger partial charge in [-0.3, -0.25) is 9.59 Å². The fourth-order valence-electron chi connectivity index (χ4n) is 15.7. The summed E-state index contributed by atoms with van der Waals surface area (Å²) in [6.07, 6.45) is -28.9. The largest absolute Gasteiger partial charge is 0.481 e. The molecule has 0 aromatic carbocycles. The van der Waals surface area contributed by atoms with E-state index in [2.05, 4.69) is 0 Å². The van der Waals surface area contributed by atoms with Gasteiger partial charge < -0.3 is 148 Å². The first kappa shape index (κ1) is 82.1. The molecule has 10 aliphatic rings. The van der Waals surface area contributed by atoms with Crippen LogP contribution in [0.3, 0.4) is 0 Å². The van der Waals surface area contributed by atoms with Crippen molar-refractivity contribution in [2.75, 3.05) is 26.4 Å². The number of carboxylic acid groups (broad SMARTS) is 1. The van der Waals surface area contributed by atoms with Gasteiger partial charge in [-0.15, -0.1) is 0 Å². The van der Waals surface area contributed by atoms with Crippen LogP contribution in [0, 0.1) is 29.6 Å². The molecule has 5 heterocycles. The van der Waals surface area contributed by atoms with Crippen molar-refractivity contribution in [1.82, 2.24) is 0 Å². The Morgan fingerprint density at radius 3 is 1.13 bits per heavy atom. The van der Waals surface area contributed by atoms with E-state index in [0.29, 0.717) is 64.2 Å². The van der Waals surface area contributed by atoms with Crippen molar-refractivity contribution in [3.8, 4) is 0 Å².